The fourth-order valence-electron chi connectivity index (χ4n) is 4.40. The van der Waals surface area contributed by atoms with Gasteiger partial charge in [0.1, 0.15) is 11.5 Å². The number of ether oxygens (including phenoxy) is 1. The number of pyridine rings is 1. The predicted molar refractivity (Wildman–Crippen MR) is 120 cm³/mol. The van der Waals surface area contributed by atoms with Crippen LogP contribution in [0.15, 0.2) is 41.1 Å². The summed E-state index contributed by atoms with van der Waals surface area (Å²) in [7, 11) is 0. The molecule has 1 aliphatic carbocycles. The number of anilines is 1. The van der Waals surface area contributed by atoms with E-state index in [0.29, 0.717) is 24.6 Å². The Morgan fingerprint density at radius 3 is 2.61 bits per heavy atom. The number of nitrogens with one attached hydrogen (secondary N) is 2. The highest BCUT2D eigenvalue weighted by molar-refractivity contribution is 6.41. The summed E-state index contributed by atoms with van der Waals surface area (Å²) in [5, 5.41) is 5.70. The number of amides is 3. The van der Waals surface area contributed by atoms with E-state index in [4.69, 9.17) is 9.15 Å². The zero-order chi connectivity index (χ0) is 23.2. The summed E-state index contributed by atoms with van der Waals surface area (Å²) >= 11 is 0. The Morgan fingerprint density at radius 1 is 1.15 bits per heavy atom. The first-order chi connectivity index (χ1) is 16.0. The van der Waals surface area contributed by atoms with Crippen LogP contribution in [0.4, 0.5) is 5.69 Å². The maximum Gasteiger partial charge on any atom is 0.317 e. The van der Waals surface area contributed by atoms with Gasteiger partial charge in [-0.05, 0) is 56.9 Å². The Bertz CT molecular complexity index is 964. The predicted octanol–water partition coefficient (Wildman–Crippen LogP) is 2.41. The second-order valence-corrected chi connectivity index (χ2v) is 8.57. The molecule has 0 bridgehead atoms. The Kier molecular flexibility index (Phi) is 7.39. The monoisotopic (exact) mass is 454 g/mol. The summed E-state index contributed by atoms with van der Waals surface area (Å²) in [5.74, 6) is -1.17. The van der Waals surface area contributed by atoms with Crippen LogP contribution in [0.25, 0.3) is 0 Å². The second-order valence-electron chi connectivity index (χ2n) is 8.57. The SMILES string of the molecule is Cc1ccc([C@@H](C(=O)NC[C@H]2CCCO2)N(C(=O)C(=O)NC2CCCC2)c2cccnc2)o1. The van der Waals surface area contributed by atoms with Gasteiger partial charge in [0.25, 0.3) is 5.91 Å². The van der Waals surface area contributed by atoms with E-state index in [1.807, 2.05) is 0 Å². The molecule has 2 aromatic rings. The van der Waals surface area contributed by atoms with Crippen molar-refractivity contribution in [1.82, 2.24) is 15.6 Å². The average molecular weight is 455 g/mol. The maximum atomic E-state index is 13.5. The van der Waals surface area contributed by atoms with E-state index < -0.39 is 23.8 Å². The van der Waals surface area contributed by atoms with Gasteiger partial charge < -0.3 is 19.8 Å². The molecule has 2 atom stereocenters. The van der Waals surface area contributed by atoms with Crippen LogP contribution in [0.5, 0.6) is 0 Å². The van der Waals surface area contributed by atoms with Gasteiger partial charge in [-0.15, -0.1) is 0 Å². The van der Waals surface area contributed by atoms with E-state index in [0.717, 1.165) is 38.5 Å². The Hall–Kier alpha value is -3.20. The van der Waals surface area contributed by atoms with Crippen LogP contribution in [0.1, 0.15) is 56.1 Å². The molecule has 1 aliphatic heterocycles. The molecular formula is C24H30N4O5. The van der Waals surface area contributed by atoms with Crippen molar-refractivity contribution in [3.8, 4) is 0 Å². The minimum absolute atomic E-state index is 0.0325. The number of aryl methyl sites for hydroxylation is 1. The normalized spacial score (nSPS) is 19.2. The fourth-order valence-corrected chi connectivity index (χ4v) is 4.40. The maximum absolute atomic E-state index is 13.5. The zero-order valence-corrected chi connectivity index (χ0v) is 18.8. The van der Waals surface area contributed by atoms with Gasteiger partial charge in [-0.1, -0.05) is 12.8 Å². The smallest absolute Gasteiger partial charge is 0.317 e. The first-order valence-electron chi connectivity index (χ1n) is 11.5. The van der Waals surface area contributed by atoms with Crippen LogP contribution in [-0.4, -0.2) is 48.0 Å². The molecule has 0 spiro atoms. The quantitative estimate of drug-likeness (QED) is 0.621. The lowest BCUT2D eigenvalue weighted by atomic mass is 10.1. The van der Waals surface area contributed by atoms with E-state index in [2.05, 4.69) is 15.6 Å². The number of hydrogen-bond acceptors (Lipinski definition) is 6. The molecule has 3 heterocycles. The number of rotatable bonds is 7. The van der Waals surface area contributed by atoms with Crippen LogP contribution >= 0.6 is 0 Å². The van der Waals surface area contributed by atoms with E-state index >= 15 is 0 Å². The van der Waals surface area contributed by atoms with Crippen molar-refractivity contribution in [2.75, 3.05) is 18.1 Å². The molecule has 0 aromatic carbocycles. The molecule has 9 nitrogen and oxygen atoms in total. The van der Waals surface area contributed by atoms with Crippen molar-refractivity contribution < 1.29 is 23.5 Å². The first-order valence-corrected chi connectivity index (χ1v) is 11.5. The molecule has 3 amide bonds. The van der Waals surface area contributed by atoms with Crippen molar-refractivity contribution in [3.05, 3.63) is 48.2 Å². The highest BCUT2D eigenvalue weighted by atomic mass is 16.5. The van der Waals surface area contributed by atoms with Crippen molar-refractivity contribution in [3.63, 3.8) is 0 Å². The van der Waals surface area contributed by atoms with E-state index in [1.165, 1.54) is 11.1 Å². The van der Waals surface area contributed by atoms with E-state index in [9.17, 15) is 14.4 Å². The molecule has 4 rings (SSSR count). The van der Waals surface area contributed by atoms with Gasteiger partial charge in [-0.25, -0.2) is 0 Å². The topological polar surface area (TPSA) is 114 Å². The molecule has 2 fully saturated rings. The number of aromatic nitrogens is 1. The number of carbonyl (C=O) groups is 3. The summed E-state index contributed by atoms with van der Waals surface area (Å²) in [4.78, 5) is 45.1. The van der Waals surface area contributed by atoms with Crippen molar-refractivity contribution in [2.24, 2.45) is 0 Å². The summed E-state index contributed by atoms with van der Waals surface area (Å²) in [6.07, 6.45) is 8.48. The van der Waals surface area contributed by atoms with Gasteiger partial charge in [0.05, 0.1) is 18.0 Å². The summed E-state index contributed by atoms with van der Waals surface area (Å²) in [5.41, 5.74) is 0.329. The van der Waals surface area contributed by atoms with Crippen LogP contribution in [-0.2, 0) is 19.1 Å². The molecule has 33 heavy (non-hydrogen) atoms. The van der Waals surface area contributed by atoms with Crippen LogP contribution in [0.3, 0.4) is 0 Å². The summed E-state index contributed by atoms with van der Waals surface area (Å²) < 4.78 is 11.4. The van der Waals surface area contributed by atoms with Gasteiger partial charge in [-0.3, -0.25) is 24.3 Å². The van der Waals surface area contributed by atoms with Gasteiger partial charge in [0, 0.05) is 25.4 Å². The molecule has 0 unspecified atom stereocenters. The van der Waals surface area contributed by atoms with Crippen LogP contribution in [0.2, 0.25) is 0 Å². The Morgan fingerprint density at radius 2 is 1.97 bits per heavy atom. The molecule has 1 saturated heterocycles. The summed E-state index contributed by atoms with van der Waals surface area (Å²) in [6, 6.07) is 5.46. The zero-order valence-electron chi connectivity index (χ0n) is 18.8. The second kappa shape index (κ2) is 10.6. The summed E-state index contributed by atoms with van der Waals surface area (Å²) in [6.45, 7) is 2.75. The third-order valence-electron chi connectivity index (χ3n) is 6.09. The first kappa shape index (κ1) is 23.0. The number of nitrogens with zero attached hydrogens (tertiary/aromatic N) is 2. The Labute approximate surface area is 192 Å². The van der Waals surface area contributed by atoms with Gasteiger partial charge >= 0.3 is 11.8 Å². The van der Waals surface area contributed by atoms with Gasteiger partial charge in [0.15, 0.2) is 6.04 Å². The lowest BCUT2D eigenvalue weighted by Crippen LogP contribution is -2.51. The molecule has 1 saturated carbocycles. The van der Waals surface area contributed by atoms with Crippen molar-refractivity contribution in [2.45, 2.75) is 63.6 Å². The molecule has 2 aliphatic rings. The molecule has 176 valence electrons. The fraction of sp³-hybridized carbons (Fsp3) is 0.500. The average Bonchev–Trinajstić information content (AvgIpc) is 3.59. The molecule has 9 heteroatoms. The largest absolute Gasteiger partial charge is 0.464 e. The van der Waals surface area contributed by atoms with Crippen molar-refractivity contribution >= 4 is 23.4 Å². The van der Waals surface area contributed by atoms with Gasteiger partial charge in [0.2, 0.25) is 0 Å². The molecule has 2 aromatic heterocycles. The lowest BCUT2D eigenvalue weighted by Gasteiger charge is -2.29. The highest BCUT2D eigenvalue weighted by Gasteiger charge is 2.39. The molecule has 0 radical (unpaired) electrons. The third-order valence-corrected chi connectivity index (χ3v) is 6.09. The van der Waals surface area contributed by atoms with Gasteiger partial charge in [-0.2, -0.15) is 0 Å². The number of carbonyl (C=O) groups excluding carboxylic acids is 3. The van der Waals surface area contributed by atoms with Crippen LogP contribution < -0.4 is 15.5 Å². The highest BCUT2D eigenvalue weighted by Crippen LogP contribution is 2.29. The van der Waals surface area contributed by atoms with E-state index in [-0.39, 0.29) is 17.9 Å². The standard InChI is InChI=1S/C24H30N4O5/c1-16-10-11-20(33-16)21(22(29)26-15-19-9-5-13-32-19)28(18-8-4-12-25-14-18)24(31)23(30)27-17-6-2-3-7-17/h4,8,10-12,14,17,19,21H,2-3,5-7,9,13,15H2,1H3,(H,26,29)(H,27,30)/t19-,21+/m1/s1. The minimum Gasteiger partial charge on any atom is -0.464 e. The number of furan rings is 1. The minimum atomic E-state index is -1.17. The molecular weight excluding hydrogens is 424 g/mol. The Balaban J connectivity index is 1.63. The van der Waals surface area contributed by atoms with E-state index in [1.54, 1.807) is 37.4 Å². The lowest BCUT2D eigenvalue weighted by molar-refractivity contribution is -0.139. The number of hydrogen-bond donors (Lipinski definition) is 2. The van der Waals surface area contributed by atoms with Crippen molar-refractivity contribution in [1.29, 1.82) is 0 Å². The molecule has 2 N–H and O–H groups in total. The third kappa shape index (κ3) is 5.60. The van der Waals surface area contributed by atoms with Crippen LogP contribution in [0, 0.1) is 6.92 Å².